The molecule has 2 heterocycles. The van der Waals surface area contributed by atoms with Crippen LogP contribution in [0.3, 0.4) is 0 Å². The van der Waals surface area contributed by atoms with Gasteiger partial charge in [-0.15, -0.1) is 10.2 Å². The molecule has 0 aliphatic heterocycles. The average molecular weight is 377 g/mol. The van der Waals surface area contributed by atoms with Gasteiger partial charge >= 0.3 is 0 Å². The fraction of sp³-hybridized carbons (Fsp3) is 0.190. The summed E-state index contributed by atoms with van der Waals surface area (Å²) in [6.45, 7) is 1.99. The van der Waals surface area contributed by atoms with E-state index in [0.29, 0.717) is 17.0 Å². The number of hydrogen-bond acceptors (Lipinski definition) is 4. The second-order valence-electron chi connectivity index (χ2n) is 6.51. The summed E-state index contributed by atoms with van der Waals surface area (Å²) in [5.74, 6) is 0.520. The zero-order valence-corrected chi connectivity index (χ0v) is 15.9. The van der Waals surface area contributed by atoms with E-state index >= 15 is 4.39 Å². The first-order valence-electron chi connectivity index (χ1n) is 8.90. The molecule has 0 aliphatic carbocycles. The Kier molecular flexibility index (Phi) is 4.65. The molecule has 6 nitrogen and oxygen atoms in total. The van der Waals surface area contributed by atoms with Gasteiger partial charge in [0.2, 0.25) is 0 Å². The second-order valence-corrected chi connectivity index (χ2v) is 6.51. The first-order chi connectivity index (χ1) is 13.6. The minimum atomic E-state index is -0.422. The van der Waals surface area contributed by atoms with Crippen molar-refractivity contribution in [2.45, 2.75) is 13.0 Å². The van der Waals surface area contributed by atoms with Crippen LogP contribution in [0.4, 0.5) is 4.39 Å². The molecule has 0 radical (unpaired) electrons. The van der Waals surface area contributed by atoms with Gasteiger partial charge in [0.05, 0.1) is 30.9 Å². The number of rotatable bonds is 5. The van der Waals surface area contributed by atoms with Crippen LogP contribution in [0.25, 0.3) is 22.5 Å². The van der Waals surface area contributed by atoms with Gasteiger partial charge in [0.1, 0.15) is 6.33 Å². The Morgan fingerprint density at radius 2 is 1.82 bits per heavy atom. The topological polar surface area (TPSA) is 57.8 Å². The Hall–Kier alpha value is -3.48. The Bertz CT molecular complexity index is 1100. The third kappa shape index (κ3) is 2.94. The van der Waals surface area contributed by atoms with Crippen LogP contribution in [0, 0.1) is 5.82 Å². The predicted molar refractivity (Wildman–Crippen MR) is 104 cm³/mol. The number of ether oxygens (including phenoxy) is 1. The van der Waals surface area contributed by atoms with Gasteiger partial charge in [-0.1, -0.05) is 36.4 Å². The number of benzene rings is 2. The maximum atomic E-state index is 15.2. The van der Waals surface area contributed by atoms with Crippen molar-refractivity contribution in [1.82, 2.24) is 24.3 Å². The highest BCUT2D eigenvalue weighted by Gasteiger charge is 2.24. The lowest BCUT2D eigenvalue weighted by Crippen LogP contribution is -2.13. The SMILES string of the molecule is COc1cccc(-c2c(-c3ccccc3)ncn2[C@@H](C)c2nncn2C)c1F. The first-order valence-corrected chi connectivity index (χ1v) is 8.90. The van der Waals surface area contributed by atoms with E-state index in [1.54, 1.807) is 30.9 Å². The number of imidazole rings is 1. The molecule has 0 bridgehead atoms. The summed E-state index contributed by atoms with van der Waals surface area (Å²) in [6.07, 6.45) is 3.36. The average Bonchev–Trinajstić information content (AvgIpc) is 3.35. The van der Waals surface area contributed by atoms with Gasteiger partial charge < -0.3 is 13.9 Å². The van der Waals surface area contributed by atoms with Crippen molar-refractivity contribution in [3.05, 3.63) is 72.8 Å². The van der Waals surface area contributed by atoms with Gasteiger partial charge in [-0.05, 0) is 19.1 Å². The second kappa shape index (κ2) is 7.26. The van der Waals surface area contributed by atoms with Gasteiger partial charge in [-0.2, -0.15) is 0 Å². The molecule has 0 spiro atoms. The minimum Gasteiger partial charge on any atom is -0.494 e. The fourth-order valence-electron chi connectivity index (χ4n) is 3.37. The van der Waals surface area contributed by atoms with Crippen molar-refractivity contribution in [3.8, 4) is 28.3 Å². The highest BCUT2D eigenvalue weighted by molar-refractivity contribution is 5.79. The number of aryl methyl sites for hydroxylation is 1. The molecule has 0 N–H and O–H groups in total. The van der Waals surface area contributed by atoms with E-state index in [1.165, 1.54) is 7.11 Å². The maximum Gasteiger partial charge on any atom is 0.174 e. The number of halogens is 1. The highest BCUT2D eigenvalue weighted by Crippen LogP contribution is 2.37. The summed E-state index contributed by atoms with van der Waals surface area (Å²) >= 11 is 0. The number of hydrogen-bond donors (Lipinski definition) is 0. The number of nitrogens with zero attached hydrogens (tertiary/aromatic N) is 5. The Morgan fingerprint density at radius 3 is 2.50 bits per heavy atom. The molecule has 4 rings (SSSR count). The Labute approximate surface area is 162 Å². The molecule has 28 heavy (non-hydrogen) atoms. The summed E-state index contributed by atoms with van der Waals surface area (Å²) in [5, 5.41) is 8.18. The van der Waals surface area contributed by atoms with Crippen LogP contribution in [-0.4, -0.2) is 31.4 Å². The monoisotopic (exact) mass is 377 g/mol. The van der Waals surface area contributed by atoms with Crippen LogP contribution in [0.15, 0.2) is 61.2 Å². The van der Waals surface area contributed by atoms with Crippen LogP contribution in [0.5, 0.6) is 5.75 Å². The van der Waals surface area contributed by atoms with Crippen molar-refractivity contribution in [2.75, 3.05) is 7.11 Å². The van der Waals surface area contributed by atoms with Crippen molar-refractivity contribution < 1.29 is 9.13 Å². The van der Waals surface area contributed by atoms with Crippen LogP contribution in [0.2, 0.25) is 0 Å². The third-order valence-corrected chi connectivity index (χ3v) is 4.82. The largest absolute Gasteiger partial charge is 0.494 e. The summed E-state index contributed by atoms with van der Waals surface area (Å²) in [5.41, 5.74) is 2.69. The summed E-state index contributed by atoms with van der Waals surface area (Å²) in [6, 6.07) is 14.7. The van der Waals surface area contributed by atoms with Crippen LogP contribution in [-0.2, 0) is 7.05 Å². The normalized spacial score (nSPS) is 12.1. The third-order valence-electron chi connectivity index (χ3n) is 4.82. The highest BCUT2D eigenvalue weighted by atomic mass is 19.1. The lowest BCUT2D eigenvalue weighted by Gasteiger charge is -2.18. The van der Waals surface area contributed by atoms with E-state index in [0.717, 1.165) is 11.4 Å². The van der Waals surface area contributed by atoms with E-state index in [1.807, 2.05) is 53.4 Å². The lowest BCUT2D eigenvalue weighted by molar-refractivity contribution is 0.387. The molecule has 1 atom stereocenters. The van der Waals surface area contributed by atoms with E-state index in [-0.39, 0.29) is 11.8 Å². The lowest BCUT2D eigenvalue weighted by atomic mass is 10.0. The van der Waals surface area contributed by atoms with Crippen molar-refractivity contribution in [3.63, 3.8) is 0 Å². The molecule has 4 aromatic rings. The fourth-order valence-corrected chi connectivity index (χ4v) is 3.37. The summed E-state index contributed by atoms with van der Waals surface area (Å²) in [4.78, 5) is 4.62. The van der Waals surface area contributed by atoms with Gasteiger partial charge in [0, 0.05) is 18.2 Å². The minimum absolute atomic E-state index is 0.190. The Morgan fingerprint density at radius 1 is 1.04 bits per heavy atom. The number of aromatic nitrogens is 5. The molecular weight excluding hydrogens is 357 g/mol. The van der Waals surface area contributed by atoms with Crippen molar-refractivity contribution in [1.29, 1.82) is 0 Å². The van der Waals surface area contributed by atoms with Gasteiger partial charge in [0.25, 0.3) is 0 Å². The molecular formula is C21H20FN5O. The zero-order chi connectivity index (χ0) is 19.7. The smallest absolute Gasteiger partial charge is 0.174 e. The molecule has 0 fully saturated rings. The summed E-state index contributed by atoms with van der Waals surface area (Å²) < 4.78 is 24.2. The van der Waals surface area contributed by atoms with Crippen LogP contribution < -0.4 is 4.74 Å². The van der Waals surface area contributed by atoms with Gasteiger partial charge in [-0.25, -0.2) is 9.37 Å². The maximum absolute atomic E-state index is 15.2. The molecule has 0 amide bonds. The van der Waals surface area contributed by atoms with Crippen molar-refractivity contribution in [2.24, 2.45) is 7.05 Å². The molecule has 2 aromatic heterocycles. The van der Waals surface area contributed by atoms with Crippen LogP contribution >= 0.6 is 0 Å². The zero-order valence-electron chi connectivity index (χ0n) is 15.9. The molecule has 7 heteroatoms. The van der Waals surface area contributed by atoms with E-state index in [2.05, 4.69) is 15.2 Å². The van der Waals surface area contributed by atoms with Gasteiger partial charge in [0.15, 0.2) is 17.4 Å². The molecule has 142 valence electrons. The van der Waals surface area contributed by atoms with Crippen molar-refractivity contribution >= 4 is 0 Å². The van der Waals surface area contributed by atoms with Gasteiger partial charge in [-0.3, -0.25) is 0 Å². The Balaban J connectivity index is 1.97. The van der Waals surface area contributed by atoms with E-state index < -0.39 is 5.82 Å². The standard InChI is InChI=1S/C21H20FN5O/c1-14(21-25-24-13-26(21)2)27-12-23-19(15-8-5-4-6-9-15)20(27)16-10-7-11-17(28-3)18(16)22/h4-14H,1-3H3/t14-/m0/s1. The van der Waals surface area contributed by atoms with E-state index in [4.69, 9.17) is 4.74 Å². The number of methoxy groups -OCH3 is 1. The molecule has 2 aromatic carbocycles. The predicted octanol–water partition coefficient (Wildman–Crippen LogP) is 4.10. The molecule has 0 aliphatic rings. The first kappa shape index (κ1) is 17.9. The molecule has 0 saturated carbocycles. The molecule has 0 unspecified atom stereocenters. The van der Waals surface area contributed by atoms with E-state index in [9.17, 15) is 0 Å². The van der Waals surface area contributed by atoms with Crippen LogP contribution in [0.1, 0.15) is 18.8 Å². The molecule has 0 saturated heterocycles. The quantitative estimate of drug-likeness (QED) is 0.525. The summed E-state index contributed by atoms with van der Waals surface area (Å²) in [7, 11) is 3.34.